The first-order valence-electron chi connectivity index (χ1n) is 8.47. The lowest BCUT2D eigenvalue weighted by Gasteiger charge is -2.09. The lowest BCUT2D eigenvalue weighted by atomic mass is 10.0. The first kappa shape index (κ1) is 21.0. The molecule has 2 rings (SSSR count). The first-order valence-corrected chi connectivity index (χ1v) is 8.47. The maximum Gasteiger partial charge on any atom is 0.338 e. The Morgan fingerprint density at radius 2 is 1.46 bits per heavy atom. The third-order valence-electron chi connectivity index (χ3n) is 3.82. The van der Waals surface area contributed by atoms with E-state index in [1.807, 2.05) is 0 Å². The van der Waals surface area contributed by atoms with E-state index in [1.165, 1.54) is 32.0 Å². The Labute approximate surface area is 162 Å². The highest BCUT2D eigenvalue weighted by Gasteiger charge is 2.13. The summed E-state index contributed by atoms with van der Waals surface area (Å²) >= 11 is 0. The average Bonchev–Trinajstić information content (AvgIpc) is 2.64. The molecule has 2 aromatic carbocycles. The highest BCUT2D eigenvalue weighted by molar-refractivity contribution is 5.89. The third-order valence-corrected chi connectivity index (χ3v) is 3.82. The zero-order chi connectivity index (χ0) is 20.8. The standard InChI is InChI=1S/C22H20F2O4/c1-13(2)21(25)27-10-9-15-5-6-16(11-18(15)23)17-7-8-20(19(24)12-17)28-22(26)14(3)4/h5-8,11-12H,1,3,9-10H2,2,4H3. The summed E-state index contributed by atoms with van der Waals surface area (Å²) in [6, 6.07) is 8.43. The smallest absolute Gasteiger partial charge is 0.338 e. The van der Waals surface area contributed by atoms with Gasteiger partial charge in [-0.25, -0.2) is 18.4 Å². The fourth-order valence-corrected chi connectivity index (χ4v) is 2.26. The van der Waals surface area contributed by atoms with E-state index in [0.29, 0.717) is 16.7 Å². The quantitative estimate of drug-likeness (QED) is 0.391. The number of halogens is 2. The minimum Gasteiger partial charge on any atom is -0.462 e. The molecule has 0 aliphatic carbocycles. The Hall–Kier alpha value is -3.28. The monoisotopic (exact) mass is 386 g/mol. The number of carbonyl (C=O) groups excluding carboxylic acids is 2. The Morgan fingerprint density at radius 3 is 2.00 bits per heavy atom. The number of hydrogen-bond donors (Lipinski definition) is 0. The Morgan fingerprint density at radius 1 is 0.893 bits per heavy atom. The van der Waals surface area contributed by atoms with Crippen molar-refractivity contribution < 1.29 is 27.8 Å². The van der Waals surface area contributed by atoms with Crippen molar-refractivity contribution in [2.45, 2.75) is 20.3 Å². The van der Waals surface area contributed by atoms with E-state index in [9.17, 15) is 18.4 Å². The van der Waals surface area contributed by atoms with Gasteiger partial charge in [0.25, 0.3) is 0 Å². The molecular formula is C22H20F2O4. The average molecular weight is 386 g/mol. The first-order chi connectivity index (χ1) is 13.2. The predicted molar refractivity (Wildman–Crippen MR) is 102 cm³/mol. The van der Waals surface area contributed by atoms with Crippen LogP contribution in [0.25, 0.3) is 11.1 Å². The summed E-state index contributed by atoms with van der Waals surface area (Å²) in [6.45, 7) is 9.92. The second-order valence-corrected chi connectivity index (χ2v) is 6.29. The summed E-state index contributed by atoms with van der Waals surface area (Å²) in [5.41, 5.74) is 1.67. The molecule has 0 aromatic heterocycles. The van der Waals surface area contributed by atoms with E-state index in [4.69, 9.17) is 9.47 Å². The van der Waals surface area contributed by atoms with Crippen LogP contribution in [-0.4, -0.2) is 18.5 Å². The minimum absolute atomic E-state index is 0.0272. The van der Waals surface area contributed by atoms with Gasteiger partial charge in [-0.2, -0.15) is 0 Å². The number of rotatable bonds is 7. The molecule has 0 radical (unpaired) electrons. The van der Waals surface area contributed by atoms with Crippen LogP contribution in [0.15, 0.2) is 60.7 Å². The van der Waals surface area contributed by atoms with Crippen molar-refractivity contribution in [1.82, 2.24) is 0 Å². The number of hydrogen-bond acceptors (Lipinski definition) is 4. The van der Waals surface area contributed by atoms with Gasteiger partial charge in [-0.1, -0.05) is 31.4 Å². The number of ether oxygens (including phenoxy) is 2. The Balaban J connectivity index is 2.11. The van der Waals surface area contributed by atoms with Crippen LogP contribution in [0.4, 0.5) is 8.78 Å². The second-order valence-electron chi connectivity index (χ2n) is 6.29. The van der Waals surface area contributed by atoms with Gasteiger partial charge in [0.15, 0.2) is 11.6 Å². The maximum absolute atomic E-state index is 14.3. The molecule has 0 fully saturated rings. The molecule has 0 spiro atoms. The van der Waals surface area contributed by atoms with Crippen LogP contribution >= 0.6 is 0 Å². The number of benzene rings is 2. The van der Waals surface area contributed by atoms with E-state index < -0.39 is 23.6 Å². The molecule has 0 heterocycles. The van der Waals surface area contributed by atoms with Crippen molar-refractivity contribution in [2.24, 2.45) is 0 Å². The molecule has 146 valence electrons. The highest BCUT2D eigenvalue weighted by Crippen LogP contribution is 2.27. The van der Waals surface area contributed by atoms with Crippen molar-refractivity contribution in [1.29, 1.82) is 0 Å². The summed E-state index contributed by atoms with van der Waals surface area (Å²) in [5, 5.41) is 0. The van der Waals surface area contributed by atoms with Crippen LogP contribution in [0.1, 0.15) is 19.4 Å². The maximum atomic E-state index is 14.3. The van der Waals surface area contributed by atoms with E-state index in [1.54, 1.807) is 12.1 Å². The topological polar surface area (TPSA) is 52.6 Å². The molecule has 0 bridgehead atoms. The van der Waals surface area contributed by atoms with Crippen molar-refractivity contribution in [3.8, 4) is 16.9 Å². The molecule has 0 unspecified atom stereocenters. The van der Waals surface area contributed by atoms with Crippen LogP contribution in [-0.2, 0) is 20.7 Å². The van der Waals surface area contributed by atoms with Gasteiger partial charge in [-0.3, -0.25) is 0 Å². The van der Waals surface area contributed by atoms with Crippen molar-refractivity contribution >= 4 is 11.9 Å². The van der Waals surface area contributed by atoms with E-state index in [0.717, 1.165) is 6.07 Å². The van der Waals surface area contributed by atoms with Crippen LogP contribution in [0.2, 0.25) is 0 Å². The minimum atomic E-state index is -0.747. The fourth-order valence-electron chi connectivity index (χ4n) is 2.26. The van der Waals surface area contributed by atoms with Gasteiger partial charge >= 0.3 is 11.9 Å². The van der Waals surface area contributed by atoms with Gasteiger partial charge in [-0.05, 0) is 48.7 Å². The Kier molecular flexibility index (Phi) is 6.82. The number of esters is 2. The molecule has 2 aromatic rings. The fraction of sp³-hybridized carbons (Fsp3) is 0.182. The third kappa shape index (κ3) is 5.36. The predicted octanol–water partition coefficient (Wildman–Crippen LogP) is 4.78. The van der Waals surface area contributed by atoms with E-state index >= 15 is 0 Å². The van der Waals surface area contributed by atoms with Crippen molar-refractivity contribution in [3.05, 3.63) is 77.9 Å². The van der Waals surface area contributed by atoms with E-state index in [-0.39, 0.29) is 29.9 Å². The van der Waals surface area contributed by atoms with Crippen LogP contribution in [0, 0.1) is 11.6 Å². The molecule has 0 saturated carbocycles. The lowest BCUT2D eigenvalue weighted by molar-refractivity contribution is -0.138. The SMILES string of the molecule is C=C(C)C(=O)OCCc1ccc(-c2ccc(OC(=O)C(=C)C)c(F)c2)cc1F. The summed E-state index contributed by atoms with van der Waals surface area (Å²) in [7, 11) is 0. The summed E-state index contributed by atoms with van der Waals surface area (Å²) < 4.78 is 38.4. The second kappa shape index (κ2) is 9.08. The zero-order valence-corrected chi connectivity index (χ0v) is 15.7. The molecule has 0 aliphatic rings. The van der Waals surface area contributed by atoms with Crippen LogP contribution < -0.4 is 4.74 Å². The van der Waals surface area contributed by atoms with E-state index in [2.05, 4.69) is 13.2 Å². The molecular weight excluding hydrogens is 366 g/mol. The van der Waals surface area contributed by atoms with Gasteiger partial charge in [-0.15, -0.1) is 0 Å². The molecule has 4 nitrogen and oxygen atoms in total. The van der Waals surface area contributed by atoms with Crippen molar-refractivity contribution in [3.63, 3.8) is 0 Å². The molecule has 6 heteroatoms. The molecule has 28 heavy (non-hydrogen) atoms. The number of carbonyl (C=O) groups is 2. The van der Waals surface area contributed by atoms with Gasteiger partial charge in [0.1, 0.15) is 5.82 Å². The summed E-state index contributed by atoms with van der Waals surface area (Å²) in [6.07, 6.45) is 0.204. The van der Waals surface area contributed by atoms with Gasteiger partial charge in [0.2, 0.25) is 0 Å². The zero-order valence-electron chi connectivity index (χ0n) is 15.7. The van der Waals surface area contributed by atoms with Gasteiger partial charge in [0.05, 0.1) is 6.61 Å². The summed E-state index contributed by atoms with van der Waals surface area (Å²) in [4.78, 5) is 22.8. The van der Waals surface area contributed by atoms with Gasteiger partial charge in [0, 0.05) is 17.6 Å². The normalized spacial score (nSPS) is 10.3. The Bertz CT molecular complexity index is 948. The van der Waals surface area contributed by atoms with Crippen molar-refractivity contribution in [2.75, 3.05) is 6.61 Å². The highest BCUT2D eigenvalue weighted by atomic mass is 19.1. The van der Waals surface area contributed by atoms with Crippen LogP contribution in [0.3, 0.4) is 0 Å². The molecule has 0 saturated heterocycles. The largest absolute Gasteiger partial charge is 0.462 e. The lowest BCUT2D eigenvalue weighted by Crippen LogP contribution is -2.09. The summed E-state index contributed by atoms with van der Waals surface area (Å²) in [5.74, 6) is -2.73. The molecule has 0 atom stereocenters. The molecule has 0 N–H and O–H groups in total. The van der Waals surface area contributed by atoms with Gasteiger partial charge < -0.3 is 9.47 Å². The molecule has 0 amide bonds. The molecule has 0 aliphatic heterocycles. The van der Waals surface area contributed by atoms with Crippen LogP contribution in [0.5, 0.6) is 5.75 Å².